The number of hydrogen-bond donors (Lipinski definition) is 0. The molecule has 1 heterocycles. The molecule has 0 fully saturated rings. The summed E-state index contributed by atoms with van der Waals surface area (Å²) in [5.41, 5.74) is 12.1. The van der Waals surface area contributed by atoms with E-state index >= 15 is 0 Å². The van der Waals surface area contributed by atoms with Crippen LogP contribution < -0.4 is 27.3 Å². The smallest absolute Gasteiger partial charge is 0.217 e. The molecule has 0 amide bonds. The third-order valence-electron chi connectivity index (χ3n) is 6.99. The number of halogens is 1. The van der Waals surface area contributed by atoms with Gasteiger partial charge in [0.25, 0.3) is 0 Å². The van der Waals surface area contributed by atoms with Crippen LogP contribution >= 0.6 is 11.6 Å². The molecule has 1 aromatic heterocycles. The zero-order chi connectivity index (χ0) is 22.6. The molecule has 0 bridgehead atoms. The van der Waals surface area contributed by atoms with Crippen molar-refractivity contribution in [3.63, 3.8) is 0 Å². The van der Waals surface area contributed by atoms with Crippen molar-refractivity contribution >= 4 is 99.8 Å². The Morgan fingerprint density at radius 1 is 0.594 bits per heavy atom. The largest absolute Gasteiger partial charge is 0.223 e. The lowest BCUT2D eigenvalue weighted by molar-refractivity contribution is 1.23. The molecule has 0 aliphatic carbocycles. The first-order chi connectivity index (χ1) is 15.4. The van der Waals surface area contributed by atoms with E-state index in [0.717, 1.165) is 32.9 Å². The number of hydrogen-bond acceptors (Lipinski definition) is 2. The molecular formula is C24H20B5ClN2. The Balaban J connectivity index is 1.78. The minimum Gasteiger partial charge on any atom is -0.217 e. The van der Waals surface area contributed by atoms with Crippen molar-refractivity contribution in [1.29, 1.82) is 0 Å². The molecule has 0 aliphatic rings. The fraction of sp³-hybridized carbons (Fsp3) is 0. The lowest BCUT2D eigenvalue weighted by atomic mass is 9.59. The van der Waals surface area contributed by atoms with E-state index in [1.807, 2.05) is 12.1 Å². The fourth-order valence-electron chi connectivity index (χ4n) is 4.81. The van der Waals surface area contributed by atoms with Crippen molar-refractivity contribution in [2.24, 2.45) is 0 Å². The zero-order valence-electron chi connectivity index (χ0n) is 19.0. The first-order valence-corrected chi connectivity index (χ1v) is 11.3. The van der Waals surface area contributed by atoms with Gasteiger partial charge in [0, 0.05) is 16.3 Å². The van der Waals surface area contributed by atoms with Crippen molar-refractivity contribution in [1.82, 2.24) is 9.97 Å². The summed E-state index contributed by atoms with van der Waals surface area (Å²) in [4.78, 5) is 9.25. The maximum Gasteiger partial charge on any atom is 0.223 e. The van der Waals surface area contributed by atoms with Crippen LogP contribution in [-0.4, -0.2) is 49.2 Å². The molecule has 0 saturated heterocycles. The highest BCUT2D eigenvalue weighted by molar-refractivity contribution is 6.68. The Hall–Kier alpha value is -2.91. The molecule has 32 heavy (non-hydrogen) atoms. The van der Waals surface area contributed by atoms with Crippen LogP contribution in [0.2, 0.25) is 5.28 Å². The monoisotopic (exact) mass is 426 g/mol. The predicted molar refractivity (Wildman–Crippen MR) is 154 cm³/mol. The highest BCUT2D eigenvalue weighted by Gasteiger charge is 2.16. The summed E-state index contributed by atoms with van der Waals surface area (Å²) in [5, 5.41) is 3.51. The van der Waals surface area contributed by atoms with Gasteiger partial charge in [0.2, 0.25) is 5.28 Å². The predicted octanol–water partition coefficient (Wildman–Crippen LogP) is -1.94. The van der Waals surface area contributed by atoms with E-state index in [-0.39, 0.29) is 5.28 Å². The number of benzene rings is 4. The van der Waals surface area contributed by atoms with Crippen LogP contribution in [-0.2, 0) is 0 Å². The highest BCUT2D eigenvalue weighted by Crippen LogP contribution is 2.33. The number of rotatable bonds is 2. The average Bonchev–Trinajstić information content (AvgIpc) is 2.81. The third-order valence-corrected chi connectivity index (χ3v) is 7.16. The Morgan fingerprint density at radius 2 is 1.25 bits per heavy atom. The molecule has 0 N–H and O–H groups in total. The van der Waals surface area contributed by atoms with Crippen LogP contribution in [0.15, 0.2) is 60.7 Å². The number of fused-ring (bicyclic) bond motifs is 3. The lowest BCUT2D eigenvalue weighted by Gasteiger charge is -2.21. The van der Waals surface area contributed by atoms with Gasteiger partial charge in [0.05, 0.1) is 11.2 Å². The summed E-state index contributed by atoms with van der Waals surface area (Å²) in [5.74, 6) is 0. The van der Waals surface area contributed by atoms with Crippen LogP contribution in [0, 0.1) is 0 Å². The fourth-order valence-corrected chi connectivity index (χ4v) is 4.98. The first kappa shape index (κ1) is 21.0. The second-order valence-corrected chi connectivity index (χ2v) is 8.94. The zero-order valence-corrected chi connectivity index (χ0v) is 19.8. The lowest BCUT2D eigenvalue weighted by Crippen LogP contribution is -2.55. The molecule has 0 spiro atoms. The van der Waals surface area contributed by atoms with E-state index in [2.05, 4.69) is 97.7 Å². The summed E-state index contributed by atoms with van der Waals surface area (Å²) < 4.78 is 0. The Labute approximate surface area is 197 Å². The van der Waals surface area contributed by atoms with Gasteiger partial charge in [-0.05, 0) is 40.2 Å². The van der Waals surface area contributed by atoms with E-state index < -0.39 is 0 Å². The van der Waals surface area contributed by atoms with Gasteiger partial charge in [-0.25, -0.2) is 9.97 Å². The number of aromatic nitrogens is 2. The second kappa shape index (κ2) is 7.90. The van der Waals surface area contributed by atoms with E-state index in [0.29, 0.717) is 0 Å². The van der Waals surface area contributed by atoms with Gasteiger partial charge in [0.15, 0.2) is 0 Å². The molecule has 4 aromatic carbocycles. The summed E-state index contributed by atoms with van der Waals surface area (Å²) in [6, 6.07) is 21.1. The first-order valence-electron chi connectivity index (χ1n) is 10.9. The maximum atomic E-state index is 6.42. The minimum atomic E-state index is 0.267. The molecule has 0 aliphatic heterocycles. The van der Waals surface area contributed by atoms with Gasteiger partial charge >= 0.3 is 0 Å². The summed E-state index contributed by atoms with van der Waals surface area (Å²) in [6.07, 6.45) is 0. The van der Waals surface area contributed by atoms with Gasteiger partial charge in [-0.15, -0.1) is 16.4 Å². The summed E-state index contributed by atoms with van der Waals surface area (Å²) in [6.45, 7) is 0. The van der Waals surface area contributed by atoms with Gasteiger partial charge in [-0.3, -0.25) is 0 Å². The van der Waals surface area contributed by atoms with Crippen LogP contribution in [0.1, 0.15) is 0 Å². The van der Waals surface area contributed by atoms with Crippen molar-refractivity contribution in [3.8, 4) is 22.4 Å². The van der Waals surface area contributed by atoms with Crippen LogP contribution in [0.4, 0.5) is 0 Å². The molecule has 8 heteroatoms. The molecule has 0 saturated carbocycles. The average molecular weight is 426 g/mol. The molecule has 0 atom stereocenters. The van der Waals surface area contributed by atoms with E-state index in [9.17, 15) is 0 Å². The quantitative estimate of drug-likeness (QED) is 0.187. The molecule has 0 radical (unpaired) electrons. The SMILES string of the molecule is Bc1c(B)c(B)c(-c2cccc(-c3nc(Cl)nc4c3ccc3ccccc34)c2)c(B)c1B. The number of nitrogens with zero attached hydrogens (tertiary/aromatic N) is 2. The standard InChI is InChI=1S/C24H20B5ClN2/c25-17-16(18(26)20(28)21(29)19(17)27)12-5-3-6-13(10-12)22-15-9-8-11-4-1-2-7-14(11)23(15)32-24(30)31-22/h1-10H,25-29H2. The highest BCUT2D eigenvalue weighted by atomic mass is 35.5. The van der Waals surface area contributed by atoms with Gasteiger partial charge in [-0.2, -0.15) is 0 Å². The maximum absolute atomic E-state index is 6.42. The molecule has 148 valence electrons. The van der Waals surface area contributed by atoms with Crippen LogP contribution in [0.5, 0.6) is 0 Å². The molecule has 0 unspecified atom stereocenters. The van der Waals surface area contributed by atoms with Crippen LogP contribution in [0.25, 0.3) is 44.1 Å². The van der Waals surface area contributed by atoms with E-state index in [1.165, 1.54) is 38.4 Å². The van der Waals surface area contributed by atoms with Crippen molar-refractivity contribution in [2.75, 3.05) is 0 Å². The van der Waals surface area contributed by atoms with E-state index in [1.54, 1.807) is 0 Å². The van der Waals surface area contributed by atoms with Gasteiger partial charge in [-0.1, -0.05) is 59.5 Å². The van der Waals surface area contributed by atoms with Crippen LogP contribution in [0.3, 0.4) is 0 Å². The molecule has 5 rings (SSSR count). The Bertz CT molecular complexity index is 1520. The second-order valence-electron chi connectivity index (χ2n) is 8.60. The molecule has 5 aromatic rings. The minimum absolute atomic E-state index is 0.267. The Kier molecular flexibility index (Phi) is 5.18. The normalized spacial score (nSPS) is 11.3. The van der Waals surface area contributed by atoms with Gasteiger partial charge < -0.3 is 0 Å². The van der Waals surface area contributed by atoms with Gasteiger partial charge in [0.1, 0.15) is 39.2 Å². The van der Waals surface area contributed by atoms with Crippen molar-refractivity contribution in [2.45, 2.75) is 0 Å². The Morgan fingerprint density at radius 3 is 2.00 bits per heavy atom. The third kappa shape index (κ3) is 3.27. The van der Waals surface area contributed by atoms with Crippen molar-refractivity contribution < 1.29 is 0 Å². The molecular weight excluding hydrogens is 406 g/mol. The van der Waals surface area contributed by atoms with E-state index in [4.69, 9.17) is 11.6 Å². The summed E-state index contributed by atoms with van der Waals surface area (Å²) in [7, 11) is 11.1. The molecule has 2 nitrogen and oxygen atoms in total. The summed E-state index contributed by atoms with van der Waals surface area (Å²) >= 11 is 6.42. The topological polar surface area (TPSA) is 25.8 Å². The van der Waals surface area contributed by atoms with Crippen molar-refractivity contribution in [3.05, 3.63) is 65.9 Å².